The van der Waals surface area contributed by atoms with Crippen molar-refractivity contribution in [1.29, 1.82) is 0 Å². The highest BCUT2D eigenvalue weighted by Gasteiger charge is 2.27. The minimum Gasteiger partial charge on any atom is -0.382 e. The van der Waals surface area contributed by atoms with Crippen LogP contribution in [0.3, 0.4) is 0 Å². The summed E-state index contributed by atoms with van der Waals surface area (Å²) in [5.74, 6) is 1.53. The number of nitrogens with two attached hydrogens (primary N) is 1. The molecular weight excluding hydrogens is 280 g/mol. The van der Waals surface area contributed by atoms with E-state index in [1.54, 1.807) is 12.7 Å². The zero-order valence-electron chi connectivity index (χ0n) is 12.0. The highest BCUT2D eigenvalue weighted by Crippen LogP contribution is 2.27. The van der Waals surface area contributed by atoms with Crippen LogP contribution in [0.2, 0.25) is 0 Å². The Hall–Kier alpha value is -2.61. The Balaban J connectivity index is 1.51. The van der Waals surface area contributed by atoms with E-state index < -0.39 is 0 Å². The van der Waals surface area contributed by atoms with Gasteiger partial charge in [0.15, 0.2) is 11.5 Å². The van der Waals surface area contributed by atoms with E-state index in [0.29, 0.717) is 17.0 Å². The van der Waals surface area contributed by atoms with Crippen LogP contribution in [0.4, 0.5) is 5.82 Å². The summed E-state index contributed by atoms with van der Waals surface area (Å²) in [5, 5.41) is 0. The predicted octanol–water partition coefficient (Wildman–Crippen LogP) is 0.715. The van der Waals surface area contributed by atoms with Crippen molar-refractivity contribution in [1.82, 2.24) is 34.8 Å². The van der Waals surface area contributed by atoms with Crippen LogP contribution in [0, 0.1) is 0 Å². The maximum Gasteiger partial charge on any atom is 0.183 e. The van der Waals surface area contributed by atoms with Gasteiger partial charge in [-0.1, -0.05) is 0 Å². The lowest BCUT2D eigenvalue weighted by molar-refractivity contribution is 0.325. The maximum absolute atomic E-state index is 5.97. The molecule has 112 valence electrons. The van der Waals surface area contributed by atoms with Crippen molar-refractivity contribution >= 4 is 17.0 Å². The quantitative estimate of drug-likeness (QED) is 0.732. The lowest BCUT2D eigenvalue weighted by Gasteiger charge is -2.15. The first-order valence-electron chi connectivity index (χ1n) is 7.22. The number of aromatic amines is 1. The second-order valence-corrected chi connectivity index (χ2v) is 5.54. The zero-order valence-corrected chi connectivity index (χ0v) is 12.0. The van der Waals surface area contributed by atoms with E-state index >= 15 is 0 Å². The van der Waals surface area contributed by atoms with E-state index in [0.717, 1.165) is 37.4 Å². The molecule has 0 spiro atoms. The Morgan fingerprint density at radius 2 is 2.14 bits per heavy atom. The topological polar surface area (TPSA) is 110 Å². The first-order chi connectivity index (χ1) is 10.8. The number of hydrogen-bond donors (Lipinski definition) is 2. The van der Waals surface area contributed by atoms with Crippen molar-refractivity contribution in [3.63, 3.8) is 0 Å². The molecule has 1 saturated heterocycles. The van der Waals surface area contributed by atoms with Crippen molar-refractivity contribution in [3.05, 3.63) is 36.4 Å². The zero-order chi connectivity index (χ0) is 14.9. The summed E-state index contributed by atoms with van der Waals surface area (Å²) < 4.78 is 0. The summed E-state index contributed by atoms with van der Waals surface area (Å²) >= 11 is 0. The van der Waals surface area contributed by atoms with Crippen molar-refractivity contribution in [3.8, 4) is 0 Å². The number of hydrogen-bond acceptors (Lipinski definition) is 7. The van der Waals surface area contributed by atoms with Crippen LogP contribution >= 0.6 is 0 Å². The average molecular weight is 296 g/mol. The number of fused-ring (bicyclic) bond motifs is 1. The molecular formula is C14H16N8. The van der Waals surface area contributed by atoms with Crippen LogP contribution in [0.25, 0.3) is 11.2 Å². The van der Waals surface area contributed by atoms with Crippen LogP contribution in [0.5, 0.6) is 0 Å². The van der Waals surface area contributed by atoms with Crippen LogP contribution in [-0.2, 0) is 6.54 Å². The van der Waals surface area contributed by atoms with E-state index in [4.69, 9.17) is 5.73 Å². The molecule has 8 nitrogen and oxygen atoms in total. The molecule has 1 atom stereocenters. The summed E-state index contributed by atoms with van der Waals surface area (Å²) in [6, 6.07) is 0. The number of nitrogen functional groups attached to an aromatic ring is 1. The largest absolute Gasteiger partial charge is 0.382 e. The standard InChI is InChI=1S/C14H16N8/c15-12-11-14(19-8-18-11)21-13(20-12)10-1-2-22(6-10)5-9-3-16-7-17-4-9/h3-4,7-8,10H,1-2,5-6H2,(H3,15,18,19,20,21). The molecule has 3 aromatic rings. The Morgan fingerprint density at radius 3 is 3.00 bits per heavy atom. The van der Waals surface area contributed by atoms with Gasteiger partial charge in [-0.2, -0.15) is 0 Å². The number of nitrogens with zero attached hydrogens (tertiary/aromatic N) is 6. The summed E-state index contributed by atoms with van der Waals surface area (Å²) in [7, 11) is 0. The van der Waals surface area contributed by atoms with Gasteiger partial charge in [0.25, 0.3) is 0 Å². The summed E-state index contributed by atoms with van der Waals surface area (Å²) in [4.78, 5) is 26.6. The summed E-state index contributed by atoms with van der Waals surface area (Å²) in [6.45, 7) is 2.75. The number of H-pyrrole nitrogens is 1. The molecule has 3 aromatic heterocycles. The molecule has 0 radical (unpaired) electrons. The number of likely N-dealkylation sites (tertiary alicyclic amines) is 1. The van der Waals surface area contributed by atoms with Crippen molar-refractivity contribution in [2.75, 3.05) is 18.8 Å². The van der Waals surface area contributed by atoms with Crippen LogP contribution in [0.1, 0.15) is 23.7 Å². The van der Waals surface area contributed by atoms with Crippen molar-refractivity contribution < 1.29 is 0 Å². The average Bonchev–Trinajstić information content (AvgIpc) is 3.17. The van der Waals surface area contributed by atoms with Crippen molar-refractivity contribution in [2.24, 2.45) is 0 Å². The first kappa shape index (κ1) is 13.1. The second kappa shape index (κ2) is 5.30. The van der Waals surface area contributed by atoms with Gasteiger partial charge < -0.3 is 10.7 Å². The number of anilines is 1. The Kier molecular flexibility index (Phi) is 3.15. The number of imidazole rings is 1. The molecule has 1 unspecified atom stereocenters. The molecule has 0 aromatic carbocycles. The number of nitrogens with one attached hydrogen (secondary N) is 1. The Morgan fingerprint density at radius 1 is 1.27 bits per heavy atom. The third kappa shape index (κ3) is 2.37. The van der Waals surface area contributed by atoms with Gasteiger partial charge in [-0.3, -0.25) is 4.90 Å². The van der Waals surface area contributed by atoms with E-state index in [1.165, 1.54) is 0 Å². The van der Waals surface area contributed by atoms with Gasteiger partial charge in [-0.15, -0.1) is 0 Å². The molecule has 0 saturated carbocycles. The lowest BCUT2D eigenvalue weighted by Crippen LogP contribution is -2.20. The third-order valence-corrected chi connectivity index (χ3v) is 3.99. The molecule has 3 N–H and O–H groups in total. The fraction of sp³-hybridized carbons (Fsp3) is 0.357. The SMILES string of the molecule is Nc1nc(C2CCN(Cc3cncnc3)C2)nc2nc[nH]c12. The fourth-order valence-electron chi connectivity index (χ4n) is 2.91. The minimum atomic E-state index is 0.285. The summed E-state index contributed by atoms with van der Waals surface area (Å²) in [6.07, 6.45) is 7.86. The smallest absolute Gasteiger partial charge is 0.183 e. The van der Waals surface area contributed by atoms with Crippen LogP contribution in [0.15, 0.2) is 25.0 Å². The molecule has 22 heavy (non-hydrogen) atoms. The van der Waals surface area contributed by atoms with Gasteiger partial charge in [0.1, 0.15) is 17.7 Å². The maximum atomic E-state index is 5.97. The van der Waals surface area contributed by atoms with Gasteiger partial charge in [-0.25, -0.2) is 24.9 Å². The molecule has 4 heterocycles. The molecule has 0 aliphatic carbocycles. The van der Waals surface area contributed by atoms with Crippen LogP contribution < -0.4 is 5.73 Å². The van der Waals surface area contributed by atoms with Gasteiger partial charge >= 0.3 is 0 Å². The predicted molar refractivity (Wildman–Crippen MR) is 80.8 cm³/mol. The Labute approximate surface area is 126 Å². The first-order valence-corrected chi connectivity index (χ1v) is 7.22. The van der Waals surface area contributed by atoms with Gasteiger partial charge in [0.05, 0.1) is 6.33 Å². The van der Waals surface area contributed by atoms with Gasteiger partial charge in [0.2, 0.25) is 0 Å². The highest BCUT2D eigenvalue weighted by atomic mass is 15.2. The lowest BCUT2D eigenvalue weighted by atomic mass is 10.1. The molecule has 1 fully saturated rings. The van der Waals surface area contributed by atoms with Gasteiger partial charge in [0, 0.05) is 37.0 Å². The fourth-order valence-corrected chi connectivity index (χ4v) is 2.91. The number of aromatic nitrogens is 6. The monoisotopic (exact) mass is 296 g/mol. The van der Waals surface area contributed by atoms with Crippen LogP contribution in [-0.4, -0.2) is 47.9 Å². The molecule has 1 aliphatic heterocycles. The summed E-state index contributed by atoms with van der Waals surface area (Å²) in [5.41, 5.74) is 8.44. The molecule has 8 heteroatoms. The van der Waals surface area contributed by atoms with E-state index in [-0.39, 0.29) is 5.92 Å². The molecule has 4 rings (SSSR count). The van der Waals surface area contributed by atoms with Gasteiger partial charge in [-0.05, 0) is 13.0 Å². The van der Waals surface area contributed by atoms with E-state index in [2.05, 4.69) is 34.8 Å². The number of rotatable bonds is 3. The van der Waals surface area contributed by atoms with E-state index in [1.807, 2.05) is 12.4 Å². The molecule has 0 bridgehead atoms. The highest BCUT2D eigenvalue weighted by molar-refractivity contribution is 5.80. The molecule has 0 amide bonds. The minimum absolute atomic E-state index is 0.285. The second-order valence-electron chi connectivity index (χ2n) is 5.54. The molecule has 1 aliphatic rings. The van der Waals surface area contributed by atoms with Crippen molar-refractivity contribution in [2.45, 2.75) is 18.9 Å². The third-order valence-electron chi connectivity index (χ3n) is 3.99. The Bertz CT molecular complexity index is 784. The van der Waals surface area contributed by atoms with E-state index in [9.17, 15) is 0 Å². The normalized spacial score (nSPS) is 19.0.